The number of carbonyl (C=O) groups excluding carboxylic acids is 2. The fourth-order valence-corrected chi connectivity index (χ4v) is 2.83. The molecule has 0 radical (unpaired) electrons. The maximum absolute atomic E-state index is 12.2. The van der Waals surface area contributed by atoms with Crippen molar-refractivity contribution in [3.05, 3.63) is 23.8 Å². The summed E-state index contributed by atoms with van der Waals surface area (Å²) in [6.45, 7) is 12.0. The van der Waals surface area contributed by atoms with Crippen LogP contribution in [0.25, 0.3) is 0 Å². The van der Waals surface area contributed by atoms with Gasteiger partial charge < -0.3 is 15.4 Å². The summed E-state index contributed by atoms with van der Waals surface area (Å²) in [6.07, 6.45) is 0.757. The molecule has 0 bridgehead atoms. The zero-order valence-corrected chi connectivity index (χ0v) is 15.2. The summed E-state index contributed by atoms with van der Waals surface area (Å²) in [7, 11) is 1.52. The number of carbonyl (C=O) groups is 2. The Morgan fingerprint density at radius 1 is 1.09 bits per heavy atom. The summed E-state index contributed by atoms with van der Waals surface area (Å²) >= 11 is 0. The van der Waals surface area contributed by atoms with Crippen LogP contribution in [0.15, 0.2) is 18.2 Å². The van der Waals surface area contributed by atoms with Crippen molar-refractivity contribution in [2.75, 3.05) is 12.4 Å². The molecule has 0 aromatic heterocycles. The standard InChI is InChI=1S/C18H28N2O3/c1-12-8-9-14(23-7)13(10-12)19-15(21)16(22)20-18(5,6)11-17(2,3)4/h8-10H,11H2,1-7H3,(H,19,21)(H,20,22). The van der Waals surface area contributed by atoms with Gasteiger partial charge in [0.15, 0.2) is 0 Å². The minimum Gasteiger partial charge on any atom is -0.495 e. The third kappa shape index (κ3) is 6.30. The van der Waals surface area contributed by atoms with Gasteiger partial charge in [0.2, 0.25) is 0 Å². The van der Waals surface area contributed by atoms with Gasteiger partial charge in [-0.25, -0.2) is 0 Å². The first-order valence-corrected chi connectivity index (χ1v) is 7.72. The zero-order valence-electron chi connectivity index (χ0n) is 15.2. The lowest BCUT2D eigenvalue weighted by atomic mass is 9.82. The van der Waals surface area contributed by atoms with E-state index in [0.29, 0.717) is 11.4 Å². The van der Waals surface area contributed by atoms with Crippen molar-refractivity contribution in [3.63, 3.8) is 0 Å². The third-order valence-electron chi connectivity index (χ3n) is 3.23. The van der Waals surface area contributed by atoms with E-state index in [1.54, 1.807) is 12.1 Å². The first-order valence-electron chi connectivity index (χ1n) is 7.72. The maximum atomic E-state index is 12.2. The van der Waals surface area contributed by atoms with E-state index in [-0.39, 0.29) is 5.41 Å². The van der Waals surface area contributed by atoms with Gasteiger partial charge in [0.25, 0.3) is 0 Å². The number of hydrogen-bond donors (Lipinski definition) is 2. The lowest BCUT2D eigenvalue weighted by Crippen LogP contribution is -2.49. The molecule has 0 aliphatic rings. The molecule has 0 atom stereocenters. The van der Waals surface area contributed by atoms with Gasteiger partial charge in [-0.2, -0.15) is 0 Å². The van der Waals surface area contributed by atoms with Gasteiger partial charge in [0.1, 0.15) is 5.75 Å². The Morgan fingerprint density at radius 3 is 2.22 bits per heavy atom. The Morgan fingerprint density at radius 2 is 1.70 bits per heavy atom. The maximum Gasteiger partial charge on any atom is 0.313 e. The minimum atomic E-state index is -0.698. The highest BCUT2D eigenvalue weighted by atomic mass is 16.5. The molecule has 0 saturated carbocycles. The van der Waals surface area contributed by atoms with Gasteiger partial charge in [-0.3, -0.25) is 9.59 Å². The summed E-state index contributed by atoms with van der Waals surface area (Å²) in [5.41, 5.74) is 1.03. The molecule has 23 heavy (non-hydrogen) atoms. The molecule has 0 aliphatic carbocycles. The summed E-state index contributed by atoms with van der Waals surface area (Å²) in [5, 5.41) is 5.40. The van der Waals surface area contributed by atoms with E-state index < -0.39 is 17.4 Å². The highest BCUT2D eigenvalue weighted by Crippen LogP contribution is 2.27. The molecule has 0 fully saturated rings. The predicted molar refractivity (Wildman–Crippen MR) is 92.7 cm³/mol. The second-order valence-electron chi connectivity index (χ2n) is 7.73. The molecule has 128 valence electrons. The number of hydrogen-bond acceptors (Lipinski definition) is 3. The normalized spacial score (nSPS) is 11.8. The van der Waals surface area contributed by atoms with Gasteiger partial charge in [-0.15, -0.1) is 0 Å². The average Bonchev–Trinajstić information content (AvgIpc) is 2.35. The number of nitrogens with one attached hydrogen (secondary N) is 2. The number of ether oxygens (including phenoxy) is 1. The topological polar surface area (TPSA) is 67.4 Å². The highest BCUT2D eigenvalue weighted by molar-refractivity contribution is 6.40. The van der Waals surface area contributed by atoms with E-state index in [0.717, 1.165) is 12.0 Å². The lowest BCUT2D eigenvalue weighted by Gasteiger charge is -2.33. The minimum absolute atomic E-state index is 0.0486. The highest BCUT2D eigenvalue weighted by Gasteiger charge is 2.29. The largest absolute Gasteiger partial charge is 0.495 e. The fourth-order valence-electron chi connectivity index (χ4n) is 2.83. The van der Waals surface area contributed by atoms with Gasteiger partial charge in [-0.1, -0.05) is 26.8 Å². The first kappa shape index (κ1) is 19.0. The molecule has 2 amide bonds. The molecule has 1 aromatic carbocycles. The Hall–Kier alpha value is -2.04. The third-order valence-corrected chi connectivity index (χ3v) is 3.23. The molecule has 0 aliphatic heterocycles. The van der Waals surface area contributed by atoms with E-state index in [2.05, 4.69) is 31.4 Å². The molecular formula is C18H28N2O3. The van der Waals surface area contributed by atoms with Crippen LogP contribution in [-0.2, 0) is 9.59 Å². The number of anilines is 1. The molecule has 0 spiro atoms. The van der Waals surface area contributed by atoms with E-state index >= 15 is 0 Å². The number of aryl methyl sites for hydroxylation is 1. The molecule has 0 unspecified atom stereocenters. The van der Waals surface area contributed by atoms with Crippen LogP contribution in [0.1, 0.15) is 46.6 Å². The summed E-state index contributed by atoms with van der Waals surface area (Å²) < 4.78 is 5.20. The fraction of sp³-hybridized carbons (Fsp3) is 0.556. The van der Waals surface area contributed by atoms with Crippen molar-refractivity contribution in [1.29, 1.82) is 0 Å². The second-order valence-corrected chi connectivity index (χ2v) is 7.73. The number of benzene rings is 1. The van der Waals surface area contributed by atoms with Crippen LogP contribution < -0.4 is 15.4 Å². The summed E-state index contributed by atoms with van der Waals surface area (Å²) in [6, 6.07) is 5.40. The van der Waals surface area contributed by atoms with Crippen LogP contribution in [0.5, 0.6) is 5.75 Å². The molecule has 2 N–H and O–H groups in total. The van der Waals surface area contributed by atoms with Crippen LogP contribution in [0.4, 0.5) is 5.69 Å². The quantitative estimate of drug-likeness (QED) is 0.837. The predicted octanol–water partition coefficient (Wildman–Crippen LogP) is 3.27. The number of methoxy groups -OCH3 is 1. The van der Waals surface area contributed by atoms with Crippen LogP contribution in [0, 0.1) is 12.3 Å². The van der Waals surface area contributed by atoms with E-state index in [1.807, 2.05) is 26.8 Å². The van der Waals surface area contributed by atoms with Gasteiger partial charge in [0.05, 0.1) is 12.8 Å². The SMILES string of the molecule is COc1ccc(C)cc1NC(=O)C(=O)NC(C)(C)CC(C)(C)C. The smallest absolute Gasteiger partial charge is 0.313 e. The van der Waals surface area contributed by atoms with Crippen molar-refractivity contribution in [1.82, 2.24) is 5.32 Å². The molecule has 5 heteroatoms. The Balaban J connectivity index is 2.79. The molecular weight excluding hydrogens is 292 g/mol. The second kappa shape index (κ2) is 7.02. The van der Waals surface area contributed by atoms with Gasteiger partial charge >= 0.3 is 11.8 Å². The molecule has 0 heterocycles. The van der Waals surface area contributed by atoms with Crippen molar-refractivity contribution >= 4 is 17.5 Å². The molecule has 0 saturated heterocycles. The Kier molecular flexibility index (Phi) is 5.81. The summed E-state index contributed by atoms with van der Waals surface area (Å²) in [4.78, 5) is 24.3. The van der Waals surface area contributed by atoms with E-state index in [4.69, 9.17) is 4.74 Å². The number of rotatable bonds is 4. The van der Waals surface area contributed by atoms with E-state index in [9.17, 15) is 9.59 Å². The van der Waals surface area contributed by atoms with Gasteiger partial charge in [0, 0.05) is 5.54 Å². The Labute approximate surface area is 138 Å². The molecule has 1 rings (SSSR count). The number of amides is 2. The van der Waals surface area contributed by atoms with Crippen LogP contribution in [0.3, 0.4) is 0 Å². The average molecular weight is 320 g/mol. The van der Waals surface area contributed by atoms with Crippen LogP contribution >= 0.6 is 0 Å². The van der Waals surface area contributed by atoms with E-state index in [1.165, 1.54) is 7.11 Å². The van der Waals surface area contributed by atoms with Crippen LogP contribution in [-0.4, -0.2) is 24.5 Å². The Bertz CT molecular complexity index is 586. The molecule has 1 aromatic rings. The van der Waals surface area contributed by atoms with Crippen molar-refractivity contribution < 1.29 is 14.3 Å². The zero-order chi connectivity index (χ0) is 17.8. The first-order chi connectivity index (χ1) is 10.4. The van der Waals surface area contributed by atoms with Crippen molar-refractivity contribution in [2.24, 2.45) is 5.41 Å². The lowest BCUT2D eigenvalue weighted by molar-refractivity contribution is -0.137. The molecule has 5 nitrogen and oxygen atoms in total. The monoisotopic (exact) mass is 320 g/mol. The van der Waals surface area contributed by atoms with Crippen LogP contribution in [0.2, 0.25) is 0 Å². The summed E-state index contributed by atoms with van der Waals surface area (Å²) in [5.74, 6) is -0.829. The van der Waals surface area contributed by atoms with Crippen molar-refractivity contribution in [3.8, 4) is 5.75 Å². The van der Waals surface area contributed by atoms with Crippen molar-refractivity contribution in [2.45, 2.75) is 53.5 Å². The van der Waals surface area contributed by atoms with Gasteiger partial charge in [-0.05, 0) is 50.3 Å².